The molecule has 4 aliphatic rings. The zero-order valence-corrected chi connectivity index (χ0v) is 11.4. The van der Waals surface area contributed by atoms with Crippen LogP contribution in [-0.4, -0.2) is 38.4 Å². The van der Waals surface area contributed by atoms with Gasteiger partial charge in [-0.25, -0.2) is 0 Å². The minimum absolute atomic E-state index is 0.581. The third kappa shape index (κ3) is 1.75. The minimum Gasteiger partial charge on any atom is -0.379 e. The summed E-state index contributed by atoms with van der Waals surface area (Å²) in [5.41, 5.74) is 0. The zero-order chi connectivity index (χ0) is 12.1. The molecule has 102 valence electrons. The molecule has 6 unspecified atom stereocenters. The topological polar surface area (TPSA) is 33.3 Å². The second-order valence-electron chi connectivity index (χ2n) is 6.88. The molecule has 6 atom stereocenters. The third-order valence-electron chi connectivity index (χ3n) is 6.02. The zero-order valence-electron chi connectivity index (χ0n) is 11.4. The first kappa shape index (κ1) is 11.7. The Hall–Kier alpha value is -0.120. The normalized spacial score (nSPS) is 52.8. The maximum absolute atomic E-state index is 5.62. The van der Waals surface area contributed by atoms with Crippen molar-refractivity contribution in [3.63, 3.8) is 0 Å². The van der Waals surface area contributed by atoms with E-state index >= 15 is 0 Å². The van der Waals surface area contributed by atoms with Crippen molar-refractivity contribution in [3.8, 4) is 0 Å². The molecule has 2 bridgehead atoms. The summed E-state index contributed by atoms with van der Waals surface area (Å²) in [5, 5.41) is 7.42. The number of nitrogens with one attached hydrogen (secondary N) is 2. The van der Waals surface area contributed by atoms with Gasteiger partial charge in [0.1, 0.15) is 0 Å². The van der Waals surface area contributed by atoms with Gasteiger partial charge in [-0.3, -0.25) is 0 Å². The highest BCUT2D eigenvalue weighted by molar-refractivity contribution is 5.16. The van der Waals surface area contributed by atoms with Crippen LogP contribution < -0.4 is 10.6 Å². The number of hydrogen-bond donors (Lipinski definition) is 2. The molecule has 0 spiro atoms. The maximum Gasteiger partial charge on any atom is 0.0623 e. The molecular formula is C15H26N2O. The van der Waals surface area contributed by atoms with Crippen LogP contribution in [0.2, 0.25) is 0 Å². The van der Waals surface area contributed by atoms with Gasteiger partial charge in [0.15, 0.2) is 0 Å². The molecule has 1 heterocycles. The average molecular weight is 250 g/mol. The molecule has 18 heavy (non-hydrogen) atoms. The van der Waals surface area contributed by atoms with Gasteiger partial charge in [-0.15, -0.1) is 0 Å². The van der Waals surface area contributed by atoms with E-state index in [0.717, 1.165) is 56.0 Å². The number of hydrogen-bond acceptors (Lipinski definition) is 3. The van der Waals surface area contributed by atoms with Crippen LogP contribution in [0.25, 0.3) is 0 Å². The highest BCUT2D eigenvalue weighted by Crippen LogP contribution is 2.65. The largest absolute Gasteiger partial charge is 0.379 e. The SMILES string of the molecule is CCNC1COCC1CNC1C2C3CCC(C3)C12. The lowest BCUT2D eigenvalue weighted by atomic mass is 10.0. The Balaban J connectivity index is 1.27. The molecule has 0 aromatic rings. The van der Waals surface area contributed by atoms with E-state index in [-0.39, 0.29) is 0 Å². The maximum atomic E-state index is 5.62. The van der Waals surface area contributed by atoms with Gasteiger partial charge < -0.3 is 15.4 Å². The Morgan fingerprint density at radius 3 is 2.56 bits per heavy atom. The molecule has 4 rings (SSSR count). The third-order valence-corrected chi connectivity index (χ3v) is 6.02. The van der Waals surface area contributed by atoms with E-state index < -0.39 is 0 Å². The lowest BCUT2D eigenvalue weighted by molar-refractivity contribution is 0.182. The molecule has 0 radical (unpaired) electrons. The van der Waals surface area contributed by atoms with E-state index in [1.54, 1.807) is 6.42 Å². The molecule has 0 amide bonds. The van der Waals surface area contributed by atoms with Crippen molar-refractivity contribution in [2.45, 2.75) is 38.3 Å². The van der Waals surface area contributed by atoms with Crippen LogP contribution in [-0.2, 0) is 4.74 Å². The van der Waals surface area contributed by atoms with Crippen LogP contribution in [0.3, 0.4) is 0 Å². The van der Waals surface area contributed by atoms with Crippen molar-refractivity contribution in [2.24, 2.45) is 29.6 Å². The Morgan fingerprint density at radius 2 is 1.83 bits per heavy atom. The van der Waals surface area contributed by atoms with Crippen molar-refractivity contribution in [1.29, 1.82) is 0 Å². The summed E-state index contributed by atoms with van der Waals surface area (Å²) in [6.07, 6.45) is 4.60. The van der Waals surface area contributed by atoms with Gasteiger partial charge in [-0.2, -0.15) is 0 Å². The summed E-state index contributed by atoms with van der Waals surface area (Å²) in [5.74, 6) is 4.97. The molecule has 1 saturated heterocycles. The van der Waals surface area contributed by atoms with E-state index in [9.17, 15) is 0 Å². The monoisotopic (exact) mass is 250 g/mol. The Kier molecular flexibility index (Phi) is 2.90. The minimum atomic E-state index is 0.581. The second-order valence-corrected chi connectivity index (χ2v) is 6.88. The van der Waals surface area contributed by atoms with Gasteiger partial charge >= 0.3 is 0 Å². The molecule has 1 aliphatic heterocycles. The summed E-state index contributed by atoms with van der Waals surface area (Å²) in [6, 6.07) is 1.46. The van der Waals surface area contributed by atoms with Crippen LogP contribution in [0.5, 0.6) is 0 Å². The molecule has 3 aliphatic carbocycles. The molecular weight excluding hydrogens is 224 g/mol. The first-order valence-corrected chi connectivity index (χ1v) is 7.93. The highest BCUT2D eigenvalue weighted by Gasteiger charge is 2.64. The van der Waals surface area contributed by atoms with Crippen LogP contribution in [0, 0.1) is 29.6 Å². The van der Waals surface area contributed by atoms with Gasteiger partial charge in [0.05, 0.1) is 13.2 Å². The summed E-state index contributed by atoms with van der Waals surface area (Å²) < 4.78 is 5.62. The van der Waals surface area contributed by atoms with Crippen LogP contribution in [0.1, 0.15) is 26.2 Å². The fourth-order valence-corrected chi connectivity index (χ4v) is 5.17. The number of rotatable bonds is 5. The van der Waals surface area contributed by atoms with Crippen LogP contribution in [0.15, 0.2) is 0 Å². The summed E-state index contributed by atoms with van der Waals surface area (Å²) in [6.45, 7) is 6.26. The smallest absolute Gasteiger partial charge is 0.0623 e. The van der Waals surface area contributed by atoms with Gasteiger partial charge in [-0.05, 0) is 49.5 Å². The number of ether oxygens (including phenoxy) is 1. The van der Waals surface area contributed by atoms with Crippen LogP contribution in [0.4, 0.5) is 0 Å². The van der Waals surface area contributed by atoms with Gasteiger partial charge in [0, 0.05) is 24.5 Å². The summed E-state index contributed by atoms with van der Waals surface area (Å²) in [4.78, 5) is 0. The average Bonchev–Trinajstić information content (AvgIpc) is 2.78. The lowest BCUT2D eigenvalue weighted by Gasteiger charge is -2.19. The Morgan fingerprint density at radius 1 is 1.06 bits per heavy atom. The van der Waals surface area contributed by atoms with Gasteiger partial charge in [-0.1, -0.05) is 6.92 Å². The highest BCUT2D eigenvalue weighted by atomic mass is 16.5. The van der Waals surface area contributed by atoms with Crippen molar-refractivity contribution in [2.75, 3.05) is 26.3 Å². The first-order chi connectivity index (χ1) is 8.88. The van der Waals surface area contributed by atoms with Crippen molar-refractivity contribution in [3.05, 3.63) is 0 Å². The standard InChI is InChI=1S/C15H26N2O/c1-2-16-12-8-18-7-11(12)6-17-15-13-9-3-4-10(5-9)14(13)15/h9-17H,2-8H2,1H3. The Labute approximate surface area is 110 Å². The fraction of sp³-hybridized carbons (Fsp3) is 1.00. The molecule has 3 heteroatoms. The molecule has 0 aromatic heterocycles. The summed E-state index contributed by atoms with van der Waals surface area (Å²) in [7, 11) is 0. The molecule has 0 aromatic carbocycles. The lowest BCUT2D eigenvalue weighted by Crippen LogP contribution is -2.41. The van der Waals surface area contributed by atoms with E-state index in [1.807, 2.05) is 0 Å². The predicted molar refractivity (Wildman–Crippen MR) is 71.4 cm³/mol. The molecule has 4 fully saturated rings. The fourth-order valence-electron chi connectivity index (χ4n) is 5.17. The predicted octanol–water partition coefficient (Wildman–Crippen LogP) is 1.24. The molecule has 3 nitrogen and oxygen atoms in total. The van der Waals surface area contributed by atoms with Crippen molar-refractivity contribution in [1.82, 2.24) is 10.6 Å². The van der Waals surface area contributed by atoms with E-state index in [0.29, 0.717) is 12.0 Å². The quantitative estimate of drug-likeness (QED) is 0.770. The van der Waals surface area contributed by atoms with E-state index in [4.69, 9.17) is 4.74 Å². The van der Waals surface area contributed by atoms with Gasteiger partial charge in [0.2, 0.25) is 0 Å². The first-order valence-electron chi connectivity index (χ1n) is 7.93. The van der Waals surface area contributed by atoms with Crippen molar-refractivity contribution < 1.29 is 4.74 Å². The second kappa shape index (κ2) is 4.46. The van der Waals surface area contributed by atoms with E-state index in [2.05, 4.69) is 17.6 Å². The van der Waals surface area contributed by atoms with Gasteiger partial charge in [0.25, 0.3) is 0 Å². The molecule has 3 saturated carbocycles. The molecule has 2 N–H and O–H groups in total. The Bertz CT molecular complexity index is 306. The van der Waals surface area contributed by atoms with Crippen molar-refractivity contribution >= 4 is 0 Å². The number of fused-ring (bicyclic) bond motifs is 5. The number of likely N-dealkylation sites (N-methyl/N-ethyl adjacent to an activating group) is 1. The summed E-state index contributed by atoms with van der Waals surface area (Å²) >= 11 is 0. The van der Waals surface area contributed by atoms with Crippen LogP contribution >= 0.6 is 0 Å². The van der Waals surface area contributed by atoms with E-state index in [1.165, 1.54) is 12.8 Å².